The number of rotatable bonds is 8. The molecular formula is C25H26N4O5S. The molecule has 0 radical (unpaired) electrons. The Morgan fingerprint density at radius 1 is 1.06 bits per heavy atom. The number of nitrogens with one attached hydrogen (secondary N) is 2. The summed E-state index contributed by atoms with van der Waals surface area (Å²) >= 11 is 0. The number of benzene rings is 2. The van der Waals surface area contributed by atoms with E-state index in [9.17, 15) is 18.0 Å². The van der Waals surface area contributed by atoms with Gasteiger partial charge in [0.15, 0.2) is 0 Å². The third-order valence-electron chi connectivity index (χ3n) is 5.56. The average Bonchev–Trinajstić information content (AvgIpc) is 3.23. The van der Waals surface area contributed by atoms with Crippen LogP contribution in [0.3, 0.4) is 0 Å². The molecule has 1 atom stereocenters. The van der Waals surface area contributed by atoms with Crippen LogP contribution >= 0.6 is 0 Å². The summed E-state index contributed by atoms with van der Waals surface area (Å²) in [5.74, 6) is 0.280. The number of carbonyl (C=O) groups excluding carboxylic acids is 2. The molecular weight excluding hydrogens is 468 g/mol. The highest BCUT2D eigenvalue weighted by atomic mass is 32.2. The van der Waals surface area contributed by atoms with Gasteiger partial charge in [0.2, 0.25) is 15.9 Å². The molecule has 2 amide bonds. The molecule has 35 heavy (non-hydrogen) atoms. The zero-order valence-electron chi connectivity index (χ0n) is 19.4. The number of sulfonamides is 1. The summed E-state index contributed by atoms with van der Waals surface area (Å²) in [6.07, 6.45) is 0.737. The lowest BCUT2D eigenvalue weighted by molar-refractivity contribution is -0.119. The lowest BCUT2D eigenvalue weighted by Crippen LogP contribution is -2.33. The fraction of sp³-hybridized carbons (Fsp3) is 0.240. The summed E-state index contributed by atoms with van der Waals surface area (Å²) in [6, 6.07) is 17.8. The maximum absolute atomic E-state index is 12.5. The Hall–Kier alpha value is -3.76. The lowest BCUT2D eigenvalue weighted by Gasteiger charge is -2.13. The van der Waals surface area contributed by atoms with Crippen molar-refractivity contribution in [3.05, 3.63) is 78.0 Å². The quantitative estimate of drug-likeness (QED) is 0.497. The van der Waals surface area contributed by atoms with Crippen LogP contribution in [-0.4, -0.2) is 44.6 Å². The van der Waals surface area contributed by atoms with E-state index in [0.29, 0.717) is 12.4 Å². The molecule has 2 heterocycles. The smallest absolute Gasteiger partial charge is 0.416 e. The number of ether oxygens (including phenoxy) is 1. The van der Waals surface area contributed by atoms with Crippen molar-refractivity contribution in [1.29, 1.82) is 0 Å². The van der Waals surface area contributed by atoms with Gasteiger partial charge in [0.1, 0.15) is 11.9 Å². The van der Waals surface area contributed by atoms with Gasteiger partial charge in [-0.2, -0.15) is 0 Å². The highest BCUT2D eigenvalue weighted by molar-refractivity contribution is 7.89. The van der Waals surface area contributed by atoms with Crippen LogP contribution < -0.4 is 14.9 Å². The Balaban J connectivity index is 1.37. The third kappa shape index (κ3) is 6.03. The van der Waals surface area contributed by atoms with E-state index in [0.717, 1.165) is 22.3 Å². The molecule has 2 aromatic carbocycles. The molecule has 1 aliphatic rings. The minimum absolute atomic E-state index is 0.171. The SMILES string of the molecule is CC(=O)NCC1CN(c2ccc(-c3ccc(CNS(=O)(=O)c4ccc(C)cc4)cc3)cn2)C(=O)O1. The second kappa shape index (κ2) is 10.2. The Morgan fingerprint density at radius 3 is 2.37 bits per heavy atom. The Kier molecular flexibility index (Phi) is 7.13. The molecule has 4 rings (SSSR count). The van der Waals surface area contributed by atoms with Crippen LogP contribution in [0, 0.1) is 6.92 Å². The van der Waals surface area contributed by atoms with Crippen LogP contribution in [0.15, 0.2) is 71.8 Å². The summed E-state index contributed by atoms with van der Waals surface area (Å²) in [6.45, 7) is 4.04. The van der Waals surface area contributed by atoms with Crippen molar-refractivity contribution in [3.63, 3.8) is 0 Å². The number of aryl methyl sites for hydroxylation is 1. The van der Waals surface area contributed by atoms with Crippen molar-refractivity contribution in [2.75, 3.05) is 18.0 Å². The van der Waals surface area contributed by atoms with Crippen molar-refractivity contribution >= 4 is 27.8 Å². The predicted octanol–water partition coefficient (Wildman–Crippen LogP) is 3.00. The van der Waals surface area contributed by atoms with Gasteiger partial charge in [0.25, 0.3) is 0 Å². The number of cyclic esters (lactones) is 1. The monoisotopic (exact) mass is 494 g/mol. The van der Waals surface area contributed by atoms with Gasteiger partial charge >= 0.3 is 6.09 Å². The molecule has 3 aromatic rings. The first-order valence-electron chi connectivity index (χ1n) is 11.1. The van der Waals surface area contributed by atoms with Gasteiger partial charge in [0.05, 0.1) is 18.0 Å². The third-order valence-corrected chi connectivity index (χ3v) is 6.98. The molecule has 10 heteroatoms. The minimum atomic E-state index is -3.59. The molecule has 0 aliphatic carbocycles. The first kappa shape index (κ1) is 24.4. The maximum atomic E-state index is 12.5. The first-order valence-corrected chi connectivity index (χ1v) is 12.5. The van der Waals surface area contributed by atoms with Crippen LogP contribution in [0.5, 0.6) is 0 Å². The number of hydrogen-bond donors (Lipinski definition) is 2. The van der Waals surface area contributed by atoms with Crippen molar-refractivity contribution in [1.82, 2.24) is 15.0 Å². The molecule has 0 saturated carbocycles. The largest absolute Gasteiger partial charge is 0.442 e. The Bertz CT molecular complexity index is 1310. The second-order valence-corrected chi connectivity index (χ2v) is 10.1. The zero-order valence-corrected chi connectivity index (χ0v) is 20.2. The molecule has 9 nitrogen and oxygen atoms in total. The molecule has 1 aliphatic heterocycles. The standard InChI is InChI=1S/C25H26N4O5S/c1-17-3-10-23(11-4-17)35(32,33)28-13-19-5-7-20(8-6-19)21-9-12-24(27-14-21)29-16-22(34-25(29)31)15-26-18(2)30/h3-12,14,22,28H,13,15-16H2,1-2H3,(H,26,30). The fourth-order valence-corrected chi connectivity index (χ4v) is 4.60. The van der Waals surface area contributed by atoms with Crippen molar-refractivity contribution in [2.24, 2.45) is 0 Å². The topological polar surface area (TPSA) is 118 Å². The van der Waals surface area contributed by atoms with Crippen molar-refractivity contribution < 1.29 is 22.7 Å². The molecule has 0 spiro atoms. The van der Waals surface area contributed by atoms with E-state index in [1.54, 1.807) is 36.5 Å². The van der Waals surface area contributed by atoms with Gasteiger partial charge in [-0.15, -0.1) is 0 Å². The number of nitrogens with zero attached hydrogens (tertiary/aromatic N) is 2. The van der Waals surface area contributed by atoms with E-state index in [4.69, 9.17) is 4.74 Å². The van der Waals surface area contributed by atoms with Gasteiger partial charge < -0.3 is 10.1 Å². The Morgan fingerprint density at radius 2 is 1.74 bits per heavy atom. The number of aromatic nitrogens is 1. The van der Waals surface area contributed by atoms with E-state index in [-0.39, 0.29) is 23.9 Å². The van der Waals surface area contributed by atoms with E-state index >= 15 is 0 Å². The fourth-order valence-electron chi connectivity index (χ4n) is 3.58. The number of carbonyl (C=O) groups is 2. The Labute approximate surface area is 204 Å². The number of pyridine rings is 1. The molecule has 0 bridgehead atoms. The van der Waals surface area contributed by atoms with Gasteiger partial charge in [-0.1, -0.05) is 42.0 Å². The van der Waals surface area contributed by atoms with Crippen LogP contribution in [-0.2, 0) is 26.1 Å². The summed E-state index contributed by atoms with van der Waals surface area (Å²) in [7, 11) is -3.59. The van der Waals surface area contributed by atoms with Crippen LogP contribution in [0.25, 0.3) is 11.1 Å². The van der Waals surface area contributed by atoms with Gasteiger partial charge in [-0.25, -0.2) is 22.9 Å². The highest BCUT2D eigenvalue weighted by Gasteiger charge is 2.33. The van der Waals surface area contributed by atoms with Crippen molar-refractivity contribution in [2.45, 2.75) is 31.4 Å². The summed E-state index contributed by atoms with van der Waals surface area (Å²) in [5, 5.41) is 2.64. The van der Waals surface area contributed by atoms with Gasteiger partial charge in [0, 0.05) is 25.2 Å². The number of anilines is 1. The first-order chi connectivity index (χ1) is 16.7. The van der Waals surface area contributed by atoms with E-state index in [1.165, 1.54) is 11.8 Å². The predicted molar refractivity (Wildman–Crippen MR) is 131 cm³/mol. The number of hydrogen-bond acceptors (Lipinski definition) is 6. The lowest BCUT2D eigenvalue weighted by atomic mass is 10.1. The average molecular weight is 495 g/mol. The minimum Gasteiger partial charge on any atom is -0.442 e. The summed E-state index contributed by atoms with van der Waals surface area (Å²) in [4.78, 5) is 29.3. The summed E-state index contributed by atoms with van der Waals surface area (Å²) in [5.41, 5.74) is 3.57. The highest BCUT2D eigenvalue weighted by Crippen LogP contribution is 2.24. The molecule has 1 unspecified atom stereocenters. The van der Waals surface area contributed by atoms with Gasteiger partial charge in [-0.3, -0.25) is 9.69 Å². The number of amides is 2. The van der Waals surface area contributed by atoms with E-state index in [2.05, 4.69) is 15.0 Å². The molecule has 1 saturated heterocycles. The van der Waals surface area contributed by atoms with Crippen molar-refractivity contribution in [3.8, 4) is 11.1 Å². The molecule has 182 valence electrons. The summed E-state index contributed by atoms with van der Waals surface area (Å²) < 4.78 is 32.9. The van der Waals surface area contributed by atoms with Crippen LogP contribution in [0.2, 0.25) is 0 Å². The van der Waals surface area contributed by atoms with Crippen LogP contribution in [0.4, 0.5) is 10.6 Å². The molecule has 2 N–H and O–H groups in total. The van der Waals surface area contributed by atoms with Gasteiger partial charge in [-0.05, 0) is 42.3 Å². The van der Waals surface area contributed by atoms with E-state index < -0.39 is 22.2 Å². The zero-order chi connectivity index (χ0) is 25.0. The van der Waals surface area contributed by atoms with Crippen LogP contribution in [0.1, 0.15) is 18.1 Å². The van der Waals surface area contributed by atoms with E-state index in [1.807, 2.05) is 37.3 Å². The molecule has 1 aromatic heterocycles. The molecule has 1 fully saturated rings. The maximum Gasteiger partial charge on any atom is 0.416 e. The normalized spacial score (nSPS) is 15.7. The second-order valence-electron chi connectivity index (χ2n) is 8.29.